The van der Waals surface area contributed by atoms with Crippen molar-refractivity contribution in [2.45, 2.75) is 12.7 Å². The number of aromatic nitrogens is 1. The average Bonchev–Trinajstić information content (AvgIpc) is 3.34. The van der Waals surface area contributed by atoms with Gasteiger partial charge in [-0.3, -0.25) is 4.79 Å². The third-order valence-corrected chi connectivity index (χ3v) is 5.22. The predicted octanol–water partition coefficient (Wildman–Crippen LogP) is 6.06. The van der Waals surface area contributed by atoms with Crippen LogP contribution in [0.1, 0.15) is 32.0 Å². The second-order valence-electron chi connectivity index (χ2n) is 7.68. The summed E-state index contributed by atoms with van der Waals surface area (Å²) in [6, 6.07) is 17.6. The first-order chi connectivity index (χ1) is 17.1. The Morgan fingerprint density at radius 2 is 1.56 bits per heavy atom. The van der Waals surface area contributed by atoms with E-state index in [-0.39, 0.29) is 23.7 Å². The average molecular weight is 498 g/mol. The van der Waals surface area contributed by atoms with Crippen LogP contribution >= 0.6 is 0 Å². The second-order valence-corrected chi connectivity index (χ2v) is 7.68. The highest BCUT2D eigenvalue weighted by Gasteiger charge is 2.35. The summed E-state index contributed by atoms with van der Waals surface area (Å²) in [5, 5.41) is 11.7. The van der Waals surface area contributed by atoms with Gasteiger partial charge in [0.05, 0.1) is 16.8 Å². The van der Waals surface area contributed by atoms with Crippen molar-refractivity contribution in [3.8, 4) is 17.2 Å². The number of carboxylic acid groups (broad SMARTS) is 1. The number of nitrogens with zero attached hydrogens (tertiary/aromatic N) is 1. The van der Waals surface area contributed by atoms with Crippen LogP contribution in [0.15, 0.2) is 85.1 Å². The largest absolute Gasteiger partial charge is 0.478 e. The minimum absolute atomic E-state index is 0.0557. The lowest BCUT2D eigenvalue weighted by Crippen LogP contribution is -2.25. The summed E-state index contributed by atoms with van der Waals surface area (Å²) in [5.41, 5.74) is -1.42. The molecule has 10 heteroatoms. The first-order valence-corrected chi connectivity index (χ1v) is 10.5. The second kappa shape index (κ2) is 9.95. The smallest absolute Gasteiger partial charge is 0.418 e. The lowest BCUT2D eigenvalue weighted by Gasteiger charge is -2.17. The summed E-state index contributed by atoms with van der Waals surface area (Å²) < 4.78 is 60.6. The molecule has 0 fully saturated rings. The highest BCUT2D eigenvalue weighted by atomic mass is 19.4. The van der Waals surface area contributed by atoms with Crippen LogP contribution in [-0.4, -0.2) is 21.6 Å². The summed E-state index contributed by atoms with van der Waals surface area (Å²) in [6.45, 7) is 0.0882. The number of amides is 1. The Balaban J connectivity index is 1.48. The SMILES string of the molecule is O=C(O)c1ccc(-n2cccc2C(=O)NCc2ccc(Oc3ccc(F)cc3)cc2)c(C(F)(F)F)c1. The summed E-state index contributed by atoms with van der Waals surface area (Å²) in [4.78, 5) is 23.9. The zero-order chi connectivity index (χ0) is 25.9. The summed E-state index contributed by atoms with van der Waals surface area (Å²) in [6.07, 6.45) is -3.54. The number of hydrogen-bond acceptors (Lipinski definition) is 3. The zero-order valence-corrected chi connectivity index (χ0v) is 18.4. The Hall–Kier alpha value is -4.60. The molecule has 184 valence electrons. The molecule has 4 aromatic rings. The van der Waals surface area contributed by atoms with Crippen molar-refractivity contribution in [2.24, 2.45) is 0 Å². The van der Waals surface area contributed by atoms with Gasteiger partial charge in [-0.1, -0.05) is 12.1 Å². The molecule has 1 amide bonds. The number of aromatic carboxylic acids is 1. The molecule has 2 N–H and O–H groups in total. The van der Waals surface area contributed by atoms with Crippen molar-refractivity contribution in [3.05, 3.63) is 113 Å². The van der Waals surface area contributed by atoms with Crippen LogP contribution in [0.2, 0.25) is 0 Å². The lowest BCUT2D eigenvalue weighted by molar-refractivity contribution is -0.137. The molecule has 1 heterocycles. The van der Waals surface area contributed by atoms with Crippen LogP contribution < -0.4 is 10.1 Å². The zero-order valence-electron chi connectivity index (χ0n) is 18.4. The molecular formula is C26H18F4N2O4. The van der Waals surface area contributed by atoms with E-state index in [0.29, 0.717) is 23.1 Å². The summed E-state index contributed by atoms with van der Waals surface area (Å²) in [7, 11) is 0. The monoisotopic (exact) mass is 498 g/mol. The Labute approximate surface area is 202 Å². The van der Waals surface area contributed by atoms with Crippen molar-refractivity contribution in [3.63, 3.8) is 0 Å². The van der Waals surface area contributed by atoms with Gasteiger partial charge in [-0.15, -0.1) is 0 Å². The van der Waals surface area contributed by atoms with E-state index >= 15 is 0 Å². The van der Waals surface area contributed by atoms with Gasteiger partial charge in [0.2, 0.25) is 0 Å². The number of alkyl halides is 3. The first-order valence-electron chi connectivity index (χ1n) is 10.5. The van der Waals surface area contributed by atoms with E-state index in [1.807, 2.05) is 0 Å². The maximum Gasteiger partial charge on any atom is 0.418 e. The van der Waals surface area contributed by atoms with Crippen molar-refractivity contribution < 1.29 is 37.0 Å². The molecule has 0 saturated heterocycles. The molecule has 6 nitrogen and oxygen atoms in total. The Bertz CT molecular complexity index is 1390. The number of carbonyl (C=O) groups excluding carboxylic acids is 1. The van der Waals surface area contributed by atoms with Gasteiger partial charge < -0.3 is 19.7 Å². The van der Waals surface area contributed by atoms with E-state index in [0.717, 1.165) is 16.7 Å². The normalized spacial score (nSPS) is 11.2. The molecule has 1 aromatic heterocycles. The molecule has 4 rings (SSSR count). The molecule has 3 aromatic carbocycles. The Kier molecular flexibility index (Phi) is 6.77. The number of benzene rings is 3. The van der Waals surface area contributed by atoms with Gasteiger partial charge >= 0.3 is 12.1 Å². The fourth-order valence-corrected chi connectivity index (χ4v) is 3.47. The van der Waals surface area contributed by atoms with Gasteiger partial charge in [-0.2, -0.15) is 13.2 Å². The van der Waals surface area contributed by atoms with Crippen molar-refractivity contribution in [1.82, 2.24) is 9.88 Å². The molecular weight excluding hydrogens is 480 g/mol. The van der Waals surface area contributed by atoms with Crippen LogP contribution in [0.25, 0.3) is 5.69 Å². The standard InChI is InChI=1S/C26H18F4N2O4/c27-18-6-10-20(11-7-18)36-19-8-3-16(4-9-19)15-31-24(33)23-2-1-13-32(23)22-12-5-17(25(34)35)14-21(22)26(28,29)30/h1-14H,15H2,(H,31,33)(H,34,35). The predicted molar refractivity (Wildman–Crippen MR) is 122 cm³/mol. The molecule has 36 heavy (non-hydrogen) atoms. The van der Waals surface area contributed by atoms with E-state index in [2.05, 4.69) is 5.32 Å². The van der Waals surface area contributed by atoms with Crippen LogP contribution in [0.3, 0.4) is 0 Å². The van der Waals surface area contributed by atoms with E-state index in [1.165, 1.54) is 42.6 Å². The minimum Gasteiger partial charge on any atom is -0.478 e. The molecule has 0 unspecified atom stereocenters. The van der Waals surface area contributed by atoms with E-state index in [4.69, 9.17) is 9.84 Å². The number of halogens is 4. The van der Waals surface area contributed by atoms with E-state index in [1.54, 1.807) is 24.3 Å². The number of carboxylic acids is 1. The van der Waals surface area contributed by atoms with E-state index < -0.39 is 29.2 Å². The fraction of sp³-hybridized carbons (Fsp3) is 0.0769. The van der Waals surface area contributed by atoms with Crippen molar-refractivity contribution in [1.29, 1.82) is 0 Å². The van der Waals surface area contributed by atoms with Crippen LogP contribution in [0, 0.1) is 5.82 Å². The molecule has 0 saturated carbocycles. The summed E-state index contributed by atoms with van der Waals surface area (Å²) >= 11 is 0. The third-order valence-electron chi connectivity index (χ3n) is 5.22. The molecule has 0 radical (unpaired) electrons. The minimum atomic E-state index is -4.84. The van der Waals surface area contributed by atoms with Crippen LogP contribution in [0.5, 0.6) is 11.5 Å². The molecule has 0 bridgehead atoms. The van der Waals surface area contributed by atoms with Gasteiger partial charge in [-0.25, -0.2) is 9.18 Å². The maximum atomic E-state index is 13.6. The van der Waals surface area contributed by atoms with Gasteiger partial charge in [0, 0.05) is 12.7 Å². The number of ether oxygens (including phenoxy) is 1. The lowest BCUT2D eigenvalue weighted by atomic mass is 10.1. The van der Waals surface area contributed by atoms with Crippen LogP contribution in [0.4, 0.5) is 17.6 Å². The number of carbonyl (C=O) groups is 2. The maximum absolute atomic E-state index is 13.6. The van der Waals surface area contributed by atoms with Gasteiger partial charge in [-0.05, 0) is 72.3 Å². The molecule has 0 spiro atoms. The molecule has 0 aliphatic rings. The first kappa shape index (κ1) is 24.5. The molecule has 0 aliphatic heterocycles. The Morgan fingerprint density at radius 3 is 2.17 bits per heavy atom. The molecule has 0 atom stereocenters. The topological polar surface area (TPSA) is 80.6 Å². The Morgan fingerprint density at radius 1 is 0.917 bits per heavy atom. The highest BCUT2D eigenvalue weighted by molar-refractivity contribution is 5.93. The van der Waals surface area contributed by atoms with Crippen molar-refractivity contribution >= 4 is 11.9 Å². The van der Waals surface area contributed by atoms with Gasteiger partial charge in [0.1, 0.15) is 23.0 Å². The van der Waals surface area contributed by atoms with Crippen LogP contribution in [-0.2, 0) is 12.7 Å². The summed E-state index contributed by atoms with van der Waals surface area (Å²) in [5.74, 6) is -1.55. The quantitative estimate of drug-likeness (QED) is 0.304. The highest BCUT2D eigenvalue weighted by Crippen LogP contribution is 2.35. The van der Waals surface area contributed by atoms with E-state index in [9.17, 15) is 27.2 Å². The van der Waals surface area contributed by atoms with Gasteiger partial charge in [0.25, 0.3) is 5.91 Å². The fourth-order valence-electron chi connectivity index (χ4n) is 3.47. The van der Waals surface area contributed by atoms with Crippen molar-refractivity contribution in [2.75, 3.05) is 0 Å². The molecule has 0 aliphatic carbocycles. The number of nitrogens with one attached hydrogen (secondary N) is 1. The van der Waals surface area contributed by atoms with Gasteiger partial charge in [0.15, 0.2) is 0 Å². The third kappa shape index (κ3) is 5.54. The number of hydrogen-bond donors (Lipinski definition) is 2. The number of rotatable bonds is 7.